The van der Waals surface area contributed by atoms with Crippen molar-refractivity contribution in [1.82, 2.24) is 10.4 Å². The minimum atomic E-state index is -0.701. The zero-order valence-corrected chi connectivity index (χ0v) is 8.39. The Morgan fingerprint density at radius 2 is 2.07 bits per heavy atom. The van der Waals surface area contributed by atoms with Crippen molar-refractivity contribution in [1.29, 1.82) is 0 Å². The lowest BCUT2D eigenvalue weighted by Gasteiger charge is -2.36. The van der Waals surface area contributed by atoms with E-state index < -0.39 is 5.97 Å². The van der Waals surface area contributed by atoms with Crippen LogP contribution in [0.4, 0.5) is 0 Å². The molecule has 0 saturated carbocycles. The first-order chi connectivity index (χ1) is 7.25. The van der Waals surface area contributed by atoms with Crippen molar-refractivity contribution in [2.24, 2.45) is 5.92 Å². The summed E-state index contributed by atoms with van der Waals surface area (Å²) in [7, 11) is 0. The summed E-state index contributed by atoms with van der Waals surface area (Å²) in [6, 6.07) is 10.1. The molecule has 0 amide bonds. The minimum Gasteiger partial charge on any atom is -0.481 e. The second-order valence-corrected chi connectivity index (χ2v) is 3.76. The monoisotopic (exact) mass is 206 g/mol. The van der Waals surface area contributed by atoms with Gasteiger partial charge in [0.1, 0.15) is 0 Å². The zero-order chi connectivity index (χ0) is 10.7. The van der Waals surface area contributed by atoms with Crippen LogP contribution in [0.5, 0.6) is 0 Å². The van der Waals surface area contributed by atoms with E-state index in [9.17, 15) is 4.79 Å². The van der Waals surface area contributed by atoms with Gasteiger partial charge in [-0.05, 0) is 5.56 Å². The molecule has 80 valence electrons. The normalized spacial score (nSPS) is 17.3. The van der Waals surface area contributed by atoms with Gasteiger partial charge >= 0.3 is 5.97 Å². The molecule has 0 aliphatic carbocycles. The van der Waals surface area contributed by atoms with Gasteiger partial charge in [-0.2, -0.15) is 0 Å². The van der Waals surface area contributed by atoms with E-state index in [0.29, 0.717) is 13.1 Å². The highest BCUT2D eigenvalue weighted by atomic mass is 16.4. The smallest absolute Gasteiger partial charge is 0.309 e. The van der Waals surface area contributed by atoms with Crippen LogP contribution in [-0.2, 0) is 11.3 Å². The summed E-state index contributed by atoms with van der Waals surface area (Å²) >= 11 is 0. The molecule has 1 aliphatic rings. The second kappa shape index (κ2) is 4.42. The Labute approximate surface area is 88.5 Å². The Hall–Kier alpha value is -1.39. The van der Waals surface area contributed by atoms with Crippen molar-refractivity contribution in [2.45, 2.75) is 6.54 Å². The summed E-state index contributed by atoms with van der Waals surface area (Å²) in [5.74, 6) is -0.902. The number of rotatable bonds is 4. The van der Waals surface area contributed by atoms with Gasteiger partial charge in [-0.25, -0.2) is 5.01 Å². The average molecular weight is 206 g/mol. The van der Waals surface area contributed by atoms with Crippen LogP contribution in [0.15, 0.2) is 30.3 Å². The maximum Gasteiger partial charge on any atom is 0.309 e. The average Bonchev–Trinajstić information content (AvgIpc) is 2.16. The lowest BCUT2D eigenvalue weighted by Crippen LogP contribution is -2.56. The Morgan fingerprint density at radius 3 is 2.67 bits per heavy atom. The van der Waals surface area contributed by atoms with E-state index >= 15 is 0 Å². The van der Waals surface area contributed by atoms with Gasteiger partial charge in [0.2, 0.25) is 0 Å². The fraction of sp³-hybridized carbons (Fsp3) is 0.364. The third-order valence-corrected chi connectivity index (χ3v) is 2.58. The van der Waals surface area contributed by atoms with Crippen LogP contribution >= 0.6 is 0 Å². The number of aliphatic carboxylic acids is 1. The Kier molecular flexibility index (Phi) is 2.99. The molecule has 1 aliphatic heterocycles. The van der Waals surface area contributed by atoms with Crippen molar-refractivity contribution in [3.8, 4) is 0 Å². The molecule has 2 rings (SSSR count). The second-order valence-electron chi connectivity index (χ2n) is 3.76. The summed E-state index contributed by atoms with van der Waals surface area (Å²) in [6.45, 7) is 1.96. The van der Waals surface area contributed by atoms with Crippen LogP contribution < -0.4 is 5.43 Å². The third kappa shape index (κ3) is 2.55. The van der Waals surface area contributed by atoms with Gasteiger partial charge in [0.15, 0.2) is 0 Å². The molecule has 1 aromatic rings. The topological polar surface area (TPSA) is 52.6 Å². The van der Waals surface area contributed by atoms with Gasteiger partial charge in [0.05, 0.1) is 5.92 Å². The molecule has 1 fully saturated rings. The van der Waals surface area contributed by atoms with E-state index in [4.69, 9.17) is 5.11 Å². The summed E-state index contributed by atoms with van der Waals surface area (Å²) < 4.78 is 0. The van der Waals surface area contributed by atoms with Gasteiger partial charge in [-0.3, -0.25) is 10.2 Å². The number of carbonyl (C=O) groups is 1. The zero-order valence-electron chi connectivity index (χ0n) is 8.39. The Morgan fingerprint density at radius 1 is 1.40 bits per heavy atom. The minimum absolute atomic E-state index is 0.201. The molecule has 0 atom stereocenters. The van der Waals surface area contributed by atoms with Crippen LogP contribution in [0.3, 0.4) is 0 Å². The molecule has 0 aromatic heterocycles. The first-order valence-corrected chi connectivity index (χ1v) is 5.01. The number of carboxylic acids is 1. The van der Waals surface area contributed by atoms with Gasteiger partial charge < -0.3 is 5.11 Å². The van der Waals surface area contributed by atoms with Crippen molar-refractivity contribution < 1.29 is 9.90 Å². The fourth-order valence-electron chi connectivity index (χ4n) is 1.56. The molecular weight excluding hydrogens is 192 g/mol. The van der Waals surface area contributed by atoms with Gasteiger partial charge in [0, 0.05) is 19.6 Å². The van der Waals surface area contributed by atoms with E-state index in [1.165, 1.54) is 5.56 Å². The van der Waals surface area contributed by atoms with E-state index in [1.54, 1.807) is 0 Å². The summed E-state index contributed by atoms with van der Waals surface area (Å²) in [5.41, 5.74) is 4.40. The molecule has 0 radical (unpaired) electrons. The fourth-order valence-corrected chi connectivity index (χ4v) is 1.56. The van der Waals surface area contributed by atoms with E-state index in [1.807, 2.05) is 35.3 Å². The molecule has 1 saturated heterocycles. The molecule has 1 heterocycles. The van der Waals surface area contributed by atoms with Crippen LogP contribution in [0.1, 0.15) is 5.56 Å². The number of nitrogens with one attached hydrogen (secondary N) is 1. The van der Waals surface area contributed by atoms with Gasteiger partial charge in [-0.1, -0.05) is 30.3 Å². The maximum atomic E-state index is 10.5. The molecule has 0 bridgehead atoms. The quantitative estimate of drug-likeness (QED) is 0.761. The summed E-state index contributed by atoms with van der Waals surface area (Å²) in [5, 5.41) is 10.6. The number of benzene rings is 1. The molecule has 1 aromatic carbocycles. The van der Waals surface area contributed by atoms with Gasteiger partial charge in [-0.15, -0.1) is 0 Å². The maximum absolute atomic E-state index is 10.5. The molecule has 0 spiro atoms. The molecule has 0 unspecified atom stereocenters. The molecule has 4 nitrogen and oxygen atoms in total. The van der Waals surface area contributed by atoms with Crippen molar-refractivity contribution in [3.05, 3.63) is 35.9 Å². The van der Waals surface area contributed by atoms with Crippen molar-refractivity contribution in [2.75, 3.05) is 13.1 Å². The van der Waals surface area contributed by atoms with E-state index in [0.717, 1.165) is 6.54 Å². The number of hydrogen-bond acceptors (Lipinski definition) is 3. The highest BCUT2D eigenvalue weighted by molar-refractivity contribution is 5.71. The Balaban J connectivity index is 1.71. The van der Waals surface area contributed by atoms with Crippen molar-refractivity contribution >= 4 is 5.97 Å². The number of carboxylic acid groups (broad SMARTS) is 1. The standard InChI is InChI=1S/C11H14N2O2/c14-11(15)10-7-13(8-10)12-6-9-4-2-1-3-5-9/h1-5,10,12H,6-8H2,(H,14,15). The van der Waals surface area contributed by atoms with Crippen molar-refractivity contribution in [3.63, 3.8) is 0 Å². The van der Waals surface area contributed by atoms with Crippen LogP contribution in [0.2, 0.25) is 0 Å². The lowest BCUT2D eigenvalue weighted by molar-refractivity contribution is -0.149. The molecule has 15 heavy (non-hydrogen) atoms. The lowest BCUT2D eigenvalue weighted by atomic mass is 10.0. The van der Waals surface area contributed by atoms with Crippen LogP contribution in [0, 0.1) is 5.92 Å². The van der Waals surface area contributed by atoms with Crippen LogP contribution in [0.25, 0.3) is 0 Å². The highest BCUT2D eigenvalue weighted by Crippen LogP contribution is 2.12. The predicted molar refractivity (Wildman–Crippen MR) is 56.0 cm³/mol. The number of nitrogens with zero attached hydrogens (tertiary/aromatic N) is 1. The summed E-state index contributed by atoms with van der Waals surface area (Å²) in [4.78, 5) is 10.5. The first kappa shape index (κ1) is 10.1. The van der Waals surface area contributed by atoms with E-state index in [-0.39, 0.29) is 5.92 Å². The molecular formula is C11H14N2O2. The first-order valence-electron chi connectivity index (χ1n) is 5.01. The van der Waals surface area contributed by atoms with Gasteiger partial charge in [0.25, 0.3) is 0 Å². The number of hydrazine groups is 1. The van der Waals surface area contributed by atoms with E-state index in [2.05, 4.69) is 5.43 Å². The third-order valence-electron chi connectivity index (χ3n) is 2.58. The summed E-state index contributed by atoms with van der Waals surface area (Å²) in [6.07, 6.45) is 0. The molecule has 4 heteroatoms. The number of hydrogen-bond donors (Lipinski definition) is 2. The molecule has 2 N–H and O–H groups in total. The Bertz CT molecular complexity index is 334. The SMILES string of the molecule is O=C(O)C1CN(NCc2ccccc2)C1. The largest absolute Gasteiger partial charge is 0.481 e. The van der Waals surface area contributed by atoms with Crippen LogP contribution in [-0.4, -0.2) is 29.2 Å². The predicted octanol–water partition coefficient (Wildman–Crippen LogP) is 0.708. The highest BCUT2D eigenvalue weighted by Gasteiger charge is 2.31.